The Kier molecular flexibility index (Phi) is 7.08. The highest BCUT2D eigenvalue weighted by Crippen LogP contribution is 2.20. The summed E-state index contributed by atoms with van der Waals surface area (Å²) >= 11 is 5.66. The molecule has 2 heterocycles. The van der Waals surface area contributed by atoms with Crippen LogP contribution in [0.2, 0.25) is 0 Å². The van der Waals surface area contributed by atoms with E-state index in [0.29, 0.717) is 11.5 Å². The van der Waals surface area contributed by atoms with Gasteiger partial charge in [-0.1, -0.05) is 17.7 Å². The van der Waals surface area contributed by atoms with Crippen molar-refractivity contribution in [3.8, 4) is 0 Å². The SMILES string of the molecule is Cc1ccc(NC(=S)N(CCC[NH+]2CCOCC2)[C@@H]2CCS(=O)(=O)C2)cc1. The molecular formula is C19H30N3O3S2+. The Morgan fingerprint density at radius 1 is 1.30 bits per heavy atom. The van der Waals surface area contributed by atoms with Crippen LogP contribution in [0.4, 0.5) is 5.69 Å². The zero-order valence-corrected chi connectivity index (χ0v) is 17.6. The van der Waals surface area contributed by atoms with Crippen molar-refractivity contribution in [3.05, 3.63) is 29.8 Å². The number of morpholine rings is 1. The maximum atomic E-state index is 12.0. The molecule has 0 spiro atoms. The summed E-state index contributed by atoms with van der Waals surface area (Å²) in [7, 11) is -2.95. The monoisotopic (exact) mass is 412 g/mol. The number of ether oxygens (including phenoxy) is 1. The molecule has 1 aromatic rings. The maximum Gasteiger partial charge on any atom is 0.173 e. The molecule has 150 valence electrons. The van der Waals surface area contributed by atoms with Crippen molar-refractivity contribution < 1.29 is 18.1 Å². The first-order valence-electron chi connectivity index (χ1n) is 9.69. The number of anilines is 1. The molecule has 0 saturated carbocycles. The van der Waals surface area contributed by atoms with Crippen LogP contribution < -0.4 is 10.2 Å². The third-order valence-corrected chi connectivity index (χ3v) is 7.43. The molecule has 1 aromatic carbocycles. The molecule has 6 nitrogen and oxygen atoms in total. The van der Waals surface area contributed by atoms with E-state index in [4.69, 9.17) is 17.0 Å². The lowest BCUT2D eigenvalue weighted by Gasteiger charge is -2.32. The lowest BCUT2D eigenvalue weighted by atomic mass is 10.2. The van der Waals surface area contributed by atoms with Crippen molar-refractivity contribution in [1.82, 2.24) is 4.90 Å². The third-order valence-electron chi connectivity index (χ3n) is 5.34. The molecule has 0 aliphatic carbocycles. The van der Waals surface area contributed by atoms with Gasteiger partial charge in [-0.3, -0.25) is 0 Å². The summed E-state index contributed by atoms with van der Waals surface area (Å²) in [5, 5.41) is 3.92. The molecule has 0 amide bonds. The number of nitrogens with one attached hydrogen (secondary N) is 2. The second-order valence-electron chi connectivity index (χ2n) is 7.51. The highest BCUT2D eigenvalue weighted by Gasteiger charge is 2.33. The molecule has 27 heavy (non-hydrogen) atoms. The lowest BCUT2D eigenvalue weighted by Crippen LogP contribution is -3.14. The van der Waals surface area contributed by atoms with E-state index < -0.39 is 9.84 Å². The molecule has 0 unspecified atom stereocenters. The summed E-state index contributed by atoms with van der Waals surface area (Å²) in [6.07, 6.45) is 1.64. The normalized spacial score (nSPS) is 22.5. The van der Waals surface area contributed by atoms with E-state index in [1.807, 2.05) is 31.2 Å². The summed E-state index contributed by atoms with van der Waals surface area (Å²) in [6, 6.07) is 8.06. The average Bonchev–Trinajstić information content (AvgIpc) is 3.01. The number of nitrogens with zero attached hydrogens (tertiary/aromatic N) is 1. The minimum absolute atomic E-state index is 0.0277. The van der Waals surface area contributed by atoms with Gasteiger partial charge in [-0.25, -0.2) is 8.42 Å². The fraction of sp³-hybridized carbons (Fsp3) is 0.632. The summed E-state index contributed by atoms with van der Waals surface area (Å²) in [6.45, 7) is 7.63. The van der Waals surface area contributed by atoms with Crippen molar-refractivity contribution in [1.29, 1.82) is 0 Å². The minimum Gasteiger partial charge on any atom is -0.370 e. The molecular weight excluding hydrogens is 382 g/mol. The Bertz CT molecular complexity index is 731. The van der Waals surface area contributed by atoms with Crippen molar-refractivity contribution >= 4 is 32.9 Å². The number of rotatable bonds is 6. The Balaban J connectivity index is 1.61. The number of sulfone groups is 1. The van der Waals surface area contributed by atoms with E-state index >= 15 is 0 Å². The van der Waals surface area contributed by atoms with Gasteiger partial charge in [0.25, 0.3) is 0 Å². The quantitative estimate of drug-likeness (QED) is 0.663. The van der Waals surface area contributed by atoms with Crippen molar-refractivity contribution in [2.45, 2.75) is 25.8 Å². The van der Waals surface area contributed by atoms with E-state index in [-0.39, 0.29) is 17.5 Å². The molecule has 0 bridgehead atoms. The zero-order valence-electron chi connectivity index (χ0n) is 15.9. The van der Waals surface area contributed by atoms with E-state index in [1.165, 1.54) is 5.56 Å². The number of hydrogen-bond donors (Lipinski definition) is 2. The molecule has 2 fully saturated rings. The molecule has 3 rings (SSSR count). The molecule has 2 aliphatic rings. The molecule has 8 heteroatoms. The van der Waals surface area contributed by atoms with Crippen LogP contribution in [0.5, 0.6) is 0 Å². The Hall–Kier alpha value is -1.22. The van der Waals surface area contributed by atoms with Gasteiger partial charge in [0.1, 0.15) is 13.1 Å². The van der Waals surface area contributed by atoms with Gasteiger partial charge >= 0.3 is 0 Å². The zero-order chi connectivity index (χ0) is 19.3. The van der Waals surface area contributed by atoms with E-state index in [2.05, 4.69) is 10.2 Å². The fourth-order valence-corrected chi connectivity index (χ4v) is 5.80. The highest BCUT2D eigenvalue weighted by molar-refractivity contribution is 7.91. The van der Waals surface area contributed by atoms with Gasteiger partial charge in [-0.2, -0.15) is 0 Å². The van der Waals surface area contributed by atoms with E-state index in [1.54, 1.807) is 4.90 Å². The Morgan fingerprint density at radius 2 is 2.00 bits per heavy atom. The topological polar surface area (TPSA) is 63.1 Å². The molecule has 2 aliphatic heterocycles. The number of aryl methyl sites for hydroxylation is 1. The van der Waals surface area contributed by atoms with Gasteiger partial charge in [0.2, 0.25) is 0 Å². The largest absolute Gasteiger partial charge is 0.370 e. The van der Waals surface area contributed by atoms with Crippen LogP contribution in [-0.2, 0) is 14.6 Å². The molecule has 2 saturated heterocycles. The van der Waals surface area contributed by atoms with Gasteiger partial charge in [0.05, 0.1) is 31.3 Å². The number of hydrogen-bond acceptors (Lipinski definition) is 4. The standard InChI is InChI=1S/C19H29N3O3S2/c1-16-3-5-17(6-4-16)20-19(26)22(18-7-14-27(23,24)15-18)9-2-8-21-10-12-25-13-11-21/h3-6,18H,2,7-15H2,1H3,(H,20,26)/p+1/t18-/m1/s1. The van der Waals surface area contributed by atoms with Crippen molar-refractivity contribution in [2.24, 2.45) is 0 Å². The lowest BCUT2D eigenvalue weighted by molar-refractivity contribution is -0.908. The van der Waals surface area contributed by atoms with Crippen LogP contribution in [0.1, 0.15) is 18.4 Å². The summed E-state index contributed by atoms with van der Waals surface area (Å²) in [4.78, 5) is 3.65. The molecule has 0 aromatic heterocycles. The van der Waals surface area contributed by atoms with Crippen LogP contribution in [0, 0.1) is 6.92 Å². The van der Waals surface area contributed by atoms with Crippen LogP contribution >= 0.6 is 12.2 Å². The Labute approximate surface area is 167 Å². The highest BCUT2D eigenvalue weighted by atomic mass is 32.2. The van der Waals surface area contributed by atoms with Gasteiger partial charge in [0.15, 0.2) is 14.9 Å². The van der Waals surface area contributed by atoms with Crippen LogP contribution in [0.15, 0.2) is 24.3 Å². The van der Waals surface area contributed by atoms with Crippen molar-refractivity contribution in [2.75, 3.05) is 56.2 Å². The summed E-state index contributed by atoms with van der Waals surface area (Å²) in [5.74, 6) is 0.461. The van der Waals surface area contributed by atoms with Crippen LogP contribution in [0.3, 0.4) is 0 Å². The average molecular weight is 413 g/mol. The van der Waals surface area contributed by atoms with Gasteiger partial charge in [-0.05, 0) is 37.7 Å². The first kappa shape index (κ1) is 20.5. The number of benzene rings is 1. The van der Waals surface area contributed by atoms with Gasteiger partial charge in [0, 0.05) is 24.7 Å². The second-order valence-corrected chi connectivity index (χ2v) is 10.1. The predicted molar refractivity (Wildman–Crippen MR) is 112 cm³/mol. The fourth-order valence-electron chi connectivity index (χ4n) is 3.71. The minimum atomic E-state index is -2.95. The van der Waals surface area contributed by atoms with E-state index in [0.717, 1.165) is 51.5 Å². The summed E-state index contributed by atoms with van der Waals surface area (Å²) < 4.78 is 29.4. The van der Waals surface area contributed by atoms with Crippen molar-refractivity contribution in [3.63, 3.8) is 0 Å². The van der Waals surface area contributed by atoms with Crippen LogP contribution in [-0.4, -0.2) is 75.4 Å². The predicted octanol–water partition coefficient (Wildman–Crippen LogP) is 0.486. The van der Waals surface area contributed by atoms with E-state index in [9.17, 15) is 8.42 Å². The second kappa shape index (κ2) is 9.32. The number of thiocarbonyl (C=S) groups is 1. The molecule has 2 N–H and O–H groups in total. The maximum absolute atomic E-state index is 12.0. The molecule has 0 radical (unpaired) electrons. The van der Waals surface area contributed by atoms with Crippen LogP contribution in [0.25, 0.3) is 0 Å². The number of quaternary nitrogens is 1. The smallest absolute Gasteiger partial charge is 0.173 e. The first-order valence-corrected chi connectivity index (χ1v) is 11.9. The van der Waals surface area contributed by atoms with Gasteiger partial charge < -0.3 is 19.9 Å². The van der Waals surface area contributed by atoms with Gasteiger partial charge in [-0.15, -0.1) is 0 Å². The first-order chi connectivity index (χ1) is 12.9. The Morgan fingerprint density at radius 3 is 2.63 bits per heavy atom. The third kappa shape index (κ3) is 6.14. The summed E-state index contributed by atoms with van der Waals surface area (Å²) in [5.41, 5.74) is 2.13. The molecule has 1 atom stereocenters.